The van der Waals surface area contributed by atoms with Crippen molar-refractivity contribution >= 4 is 23.3 Å². The van der Waals surface area contributed by atoms with Gasteiger partial charge in [-0.25, -0.2) is 4.79 Å². The van der Waals surface area contributed by atoms with E-state index in [0.717, 1.165) is 5.56 Å². The molecule has 0 saturated carbocycles. The number of nitrogens with one attached hydrogen (secondary N) is 1. The second-order valence-electron chi connectivity index (χ2n) is 10.1. The average Bonchev–Trinajstić information content (AvgIpc) is 3.00. The van der Waals surface area contributed by atoms with Crippen molar-refractivity contribution in [1.82, 2.24) is 4.98 Å². The quantitative estimate of drug-likeness (QED) is 0.152. The second-order valence-corrected chi connectivity index (χ2v) is 10.1. The van der Waals surface area contributed by atoms with Crippen LogP contribution < -0.4 is 10.3 Å². The first-order chi connectivity index (χ1) is 21.0. The number of carbonyl (C=O) groups is 2. The summed E-state index contributed by atoms with van der Waals surface area (Å²) in [6.45, 7) is 6.73. The Bertz CT molecular complexity index is 1780. The van der Waals surface area contributed by atoms with Crippen LogP contribution in [0, 0.1) is 34.3 Å². The molecule has 12 nitrogen and oxygen atoms in total. The van der Waals surface area contributed by atoms with Gasteiger partial charge in [0.15, 0.2) is 0 Å². The van der Waals surface area contributed by atoms with E-state index in [2.05, 4.69) is 9.98 Å². The Morgan fingerprint density at radius 3 is 2.45 bits per heavy atom. The molecule has 1 N–H and O–H groups in total. The van der Waals surface area contributed by atoms with Gasteiger partial charge in [0.25, 0.3) is 11.2 Å². The van der Waals surface area contributed by atoms with E-state index in [0.29, 0.717) is 34.0 Å². The summed E-state index contributed by atoms with van der Waals surface area (Å²) in [5, 5.41) is 20.7. The number of aromatic amines is 1. The number of non-ortho nitro benzene ring substituents is 1. The maximum atomic E-state index is 13.7. The number of carbonyl (C=O) groups excluding carboxylic acids is 2. The summed E-state index contributed by atoms with van der Waals surface area (Å²) in [7, 11) is 1.22. The monoisotopic (exact) mass is 598 g/mol. The standard InChI is InChI=1S/C32H30N4O8/c1-6-26(43-24-12-10-20(11-13-24)25-15-22(16-33)30(37)35-17(25)2)44-32(39)28-19(4)34-18(3)27(31(38)42-5)29(28)21-8-7-9-23(14-21)36(40)41/h7-15,26-27,29H,6H2,1-5H3,(H,35,37). The van der Waals surface area contributed by atoms with Gasteiger partial charge in [-0.1, -0.05) is 31.2 Å². The fourth-order valence-electron chi connectivity index (χ4n) is 5.17. The molecule has 0 saturated heterocycles. The highest BCUT2D eigenvalue weighted by Gasteiger charge is 2.43. The van der Waals surface area contributed by atoms with Crippen LogP contribution >= 0.6 is 0 Å². The molecule has 3 aromatic rings. The molecule has 2 aromatic carbocycles. The number of nitro benzene ring substituents is 1. The molecule has 44 heavy (non-hydrogen) atoms. The van der Waals surface area contributed by atoms with Crippen LogP contribution in [0.3, 0.4) is 0 Å². The molecule has 4 rings (SSSR count). The summed E-state index contributed by atoms with van der Waals surface area (Å²) in [5.41, 5.74) is 2.46. The highest BCUT2D eigenvalue weighted by Crippen LogP contribution is 2.41. The topological polar surface area (TPSA) is 174 Å². The number of nitriles is 1. The lowest BCUT2D eigenvalue weighted by molar-refractivity contribution is -0.384. The smallest absolute Gasteiger partial charge is 0.339 e. The summed E-state index contributed by atoms with van der Waals surface area (Å²) in [4.78, 5) is 56.6. The van der Waals surface area contributed by atoms with Gasteiger partial charge in [-0.05, 0) is 50.1 Å². The zero-order valence-corrected chi connectivity index (χ0v) is 24.7. The molecule has 1 aliphatic rings. The number of ether oxygens (including phenoxy) is 3. The van der Waals surface area contributed by atoms with Gasteiger partial charge in [-0.2, -0.15) is 5.26 Å². The van der Waals surface area contributed by atoms with E-state index in [-0.39, 0.29) is 23.2 Å². The predicted molar refractivity (Wildman–Crippen MR) is 160 cm³/mol. The first-order valence-electron chi connectivity index (χ1n) is 13.7. The minimum Gasteiger partial charge on any atom is -0.468 e. The second kappa shape index (κ2) is 13.2. The van der Waals surface area contributed by atoms with Crippen LogP contribution in [0.15, 0.2) is 75.7 Å². The van der Waals surface area contributed by atoms with Crippen molar-refractivity contribution < 1.29 is 28.7 Å². The molecular formula is C32H30N4O8. The summed E-state index contributed by atoms with van der Waals surface area (Å²) in [6.07, 6.45) is -0.753. The molecule has 1 aliphatic heterocycles. The predicted octanol–water partition coefficient (Wildman–Crippen LogP) is 5.11. The molecule has 12 heteroatoms. The minimum atomic E-state index is -1.03. The zero-order valence-electron chi connectivity index (χ0n) is 24.7. The van der Waals surface area contributed by atoms with Crippen LogP contribution in [0.1, 0.15) is 49.9 Å². The molecule has 0 bridgehead atoms. The molecule has 0 spiro atoms. The molecule has 1 aromatic heterocycles. The molecule has 0 fully saturated rings. The Labute approximate surface area is 252 Å². The molecule has 3 unspecified atom stereocenters. The van der Waals surface area contributed by atoms with E-state index in [9.17, 15) is 29.8 Å². The molecule has 0 amide bonds. The van der Waals surface area contributed by atoms with E-state index in [1.807, 2.05) is 6.07 Å². The highest BCUT2D eigenvalue weighted by molar-refractivity contribution is 6.07. The molecule has 2 heterocycles. The molecule has 226 valence electrons. The highest BCUT2D eigenvalue weighted by atomic mass is 16.7. The van der Waals surface area contributed by atoms with Gasteiger partial charge in [-0.3, -0.25) is 24.7 Å². The number of pyridine rings is 1. The van der Waals surface area contributed by atoms with Gasteiger partial charge in [0.1, 0.15) is 23.3 Å². The third kappa shape index (κ3) is 6.42. The van der Waals surface area contributed by atoms with Crippen LogP contribution in [-0.2, 0) is 19.1 Å². The third-order valence-corrected chi connectivity index (χ3v) is 7.31. The Morgan fingerprint density at radius 1 is 1.14 bits per heavy atom. The van der Waals surface area contributed by atoms with E-state index >= 15 is 0 Å². The lowest BCUT2D eigenvalue weighted by atomic mass is 9.75. The Balaban J connectivity index is 1.62. The molecule has 3 atom stereocenters. The maximum absolute atomic E-state index is 13.7. The number of benzene rings is 2. The lowest BCUT2D eigenvalue weighted by Gasteiger charge is -2.31. The molecule has 0 radical (unpaired) electrons. The summed E-state index contributed by atoms with van der Waals surface area (Å²) >= 11 is 0. The van der Waals surface area contributed by atoms with Crippen LogP contribution in [-0.4, -0.2) is 41.0 Å². The van der Waals surface area contributed by atoms with Crippen LogP contribution in [0.5, 0.6) is 5.75 Å². The van der Waals surface area contributed by atoms with Crippen molar-refractivity contribution in [3.8, 4) is 22.9 Å². The lowest BCUT2D eigenvalue weighted by Crippen LogP contribution is -2.37. The van der Waals surface area contributed by atoms with Gasteiger partial charge < -0.3 is 19.2 Å². The van der Waals surface area contributed by atoms with E-state index < -0.39 is 40.5 Å². The van der Waals surface area contributed by atoms with Crippen molar-refractivity contribution in [2.45, 2.75) is 46.3 Å². The first kappa shape index (κ1) is 31.4. The number of allylic oxidation sites excluding steroid dienone is 1. The SMILES string of the molecule is CCC(OC(=O)C1=C(C)N=C(C)C(C(=O)OC)C1c1cccc([N+](=O)[O-])c1)Oc1ccc(-c2cc(C#N)c(=O)[nH]c2C)cc1. The Hall–Kier alpha value is -5.57. The van der Waals surface area contributed by atoms with Crippen molar-refractivity contribution in [2.24, 2.45) is 10.9 Å². The first-order valence-corrected chi connectivity index (χ1v) is 13.7. The number of rotatable bonds is 9. The number of aromatic nitrogens is 1. The summed E-state index contributed by atoms with van der Waals surface area (Å²) in [6, 6.07) is 15.9. The van der Waals surface area contributed by atoms with Crippen LogP contribution in [0.25, 0.3) is 11.1 Å². The number of hydrogen-bond donors (Lipinski definition) is 1. The fourth-order valence-corrected chi connectivity index (χ4v) is 5.17. The van der Waals surface area contributed by atoms with Gasteiger partial charge in [-0.15, -0.1) is 0 Å². The van der Waals surface area contributed by atoms with E-state index in [1.54, 1.807) is 58.0 Å². The summed E-state index contributed by atoms with van der Waals surface area (Å²) < 4.78 is 16.7. The maximum Gasteiger partial charge on any atom is 0.339 e. The van der Waals surface area contributed by atoms with Crippen molar-refractivity contribution in [2.75, 3.05) is 7.11 Å². The fraction of sp³-hybridized carbons (Fsp3) is 0.281. The van der Waals surface area contributed by atoms with Gasteiger partial charge in [0, 0.05) is 47.1 Å². The number of nitro groups is 1. The molecule has 0 aliphatic carbocycles. The number of H-pyrrole nitrogens is 1. The number of esters is 2. The normalized spacial score (nSPS) is 16.8. The van der Waals surface area contributed by atoms with Gasteiger partial charge in [0.2, 0.25) is 6.29 Å². The Kier molecular flexibility index (Phi) is 9.38. The number of methoxy groups -OCH3 is 1. The van der Waals surface area contributed by atoms with E-state index in [4.69, 9.17) is 14.2 Å². The Morgan fingerprint density at radius 2 is 1.84 bits per heavy atom. The number of hydrogen-bond acceptors (Lipinski definition) is 10. The number of aliphatic imine (C=N–C) groups is 1. The van der Waals surface area contributed by atoms with Crippen LogP contribution in [0.4, 0.5) is 5.69 Å². The van der Waals surface area contributed by atoms with Crippen molar-refractivity contribution in [3.05, 3.63) is 103 Å². The molecular weight excluding hydrogens is 568 g/mol. The number of aryl methyl sites for hydroxylation is 1. The number of nitrogens with zero attached hydrogens (tertiary/aromatic N) is 3. The largest absolute Gasteiger partial charge is 0.468 e. The zero-order chi connectivity index (χ0) is 32.1. The van der Waals surface area contributed by atoms with Gasteiger partial charge >= 0.3 is 11.9 Å². The summed E-state index contributed by atoms with van der Waals surface area (Å²) in [5.74, 6) is -3.02. The van der Waals surface area contributed by atoms with Gasteiger partial charge in [0.05, 0.1) is 17.6 Å². The minimum absolute atomic E-state index is 0.00595. The average molecular weight is 599 g/mol. The third-order valence-electron chi connectivity index (χ3n) is 7.31. The van der Waals surface area contributed by atoms with E-state index in [1.165, 1.54) is 31.4 Å². The van der Waals surface area contributed by atoms with Crippen molar-refractivity contribution in [3.63, 3.8) is 0 Å². The van der Waals surface area contributed by atoms with Crippen LogP contribution in [0.2, 0.25) is 0 Å². The van der Waals surface area contributed by atoms with Crippen molar-refractivity contribution in [1.29, 1.82) is 5.26 Å².